The molecule has 0 radical (unpaired) electrons. The topological polar surface area (TPSA) is 44.9 Å². The van der Waals surface area contributed by atoms with Gasteiger partial charge in [-0.2, -0.15) is 0 Å². The molecule has 0 aliphatic carbocycles. The predicted octanol–water partition coefficient (Wildman–Crippen LogP) is 5.70. The Morgan fingerprint density at radius 2 is 1.62 bits per heavy atom. The number of aryl methyl sites for hydroxylation is 1. The van der Waals surface area contributed by atoms with Crippen LogP contribution in [0.5, 0.6) is 0 Å². The number of hydrogen-bond donors (Lipinski definition) is 2. The molecule has 29 heavy (non-hydrogen) atoms. The Kier molecular flexibility index (Phi) is 5.97. The van der Waals surface area contributed by atoms with Gasteiger partial charge in [0.05, 0.1) is 0 Å². The molecule has 0 spiro atoms. The van der Waals surface area contributed by atoms with Gasteiger partial charge in [0.2, 0.25) is 5.91 Å². The van der Waals surface area contributed by atoms with Crippen LogP contribution in [-0.4, -0.2) is 17.4 Å². The van der Waals surface area contributed by atoms with Crippen molar-refractivity contribution in [1.29, 1.82) is 0 Å². The Morgan fingerprint density at radius 1 is 0.897 bits per heavy atom. The molecule has 0 fully saturated rings. The number of amides is 1. The fourth-order valence-corrected chi connectivity index (χ4v) is 4.00. The molecule has 4 heteroatoms. The molecule has 4 rings (SSSR count). The molecule has 2 N–H and O–H groups in total. The summed E-state index contributed by atoms with van der Waals surface area (Å²) >= 11 is 6.52. The molecule has 4 aromatic rings. The number of carbonyl (C=O) groups excluding carboxylic acids is 1. The van der Waals surface area contributed by atoms with Gasteiger partial charge in [0.15, 0.2) is 0 Å². The van der Waals surface area contributed by atoms with E-state index in [-0.39, 0.29) is 11.8 Å². The summed E-state index contributed by atoms with van der Waals surface area (Å²) in [6, 6.07) is 26.1. The first-order valence-corrected chi connectivity index (χ1v) is 10.2. The van der Waals surface area contributed by atoms with E-state index in [0.29, 0.717) is 18.0 Å². The largest absolute Gasteiger partial charge is 0.361 e. The third-order valence-corrected chi connectivity index (χ3v) is 5.61. The molecule has 0 saturated carbocycles. The monoisotopic (exact) mass is 402 g/mol. The van der Waals surface area contributed by atoms with E-state index in [2.05, 4.69) is 22.4 Å². The van der Waals surface area contributed by atoms with Gasteiger partial charge in [0.1, 0.15) is 0 Å². The molecule has 1 amide bonds. The van der Waals surface area contributed by atoms with Crippen molar-refractivity contribution in [2.45, 2.75) is 18.8 Å². The van der Waals surface area contributed by atoms with Crippen LogP contribution in [0.25, 0.3) is 10.9 Å². The Balaban J connectivity index is 1.53. The van der Waals surface area contributed by atoms with Gasteiger partial charge in [-0.15, -0.1) is 0 Å². The van der Waals surface area contributed by atoms with Crippen LogP contribution in [0.1, 0.15) is 29.0 Å². The van der Waals surface area contributed by atoms with Crippen molar-refractivity contribution >= 4 is 28.4 Å². The summed E-state index contributed by atoms with van der Waals surface area (Å²) in [5.41, 5.74) is 4.40. The molecule has 146 valence electrons. The average molecular weight is 403 g/mol. The number of benzene rings is 3. The van der Waals surface area contributed by atoms with Crippen molar-refractivity contribution in [2.75, 3.05) is 6.54 Å². The van der Waals surface area contributed by atoms with Crippen LogP contribution in [-0.2, 0) is 11.2 Å². The SMILES string of the molecule is O=C(CCc1ccccc1)NC[C@@H](c1ccccc1Cl)c1c[nH]c2ccccc12. The van der Waals surface area contributed by atoms with Gasteiger partial charge in [-0.25, -0.2) is 0 Å². The van der Waals surface area contributed by atoms with Crippen molar-refractivity contribution < 1.29 is 4.79 Å². The fourth-order valence-electron chi connectivity index (χ4n) is 3.73. The highest BCUT2D eigenvalue weighted by molar-refractivity contribution is 6.31. The summed E-state index contributed by atoms with van der Waals surface area (Å²) in [6.07, 6.45) is 3.22. The highest BCUT2D eigenvalue weighted by Gasteiger charge is 2.21. The maximum Gasteiger partial charge on any atom is 0.220 e. The number of hydrogen-bond acceptors (Lipinski definition) is 1. The lowest BCUT2D eigenvalue weighted by Crippen LogP contribution is -2.29. The summed E-state index contributed by atoms with van der Waals surface area (Å²) in [7, 11) is 0. The zero-order valence-electron chi connectivity index (χ0n) is 16.1. The van der Waals surface area contributed by atoms with Gasteiger partial charge in [0.25, 0.3) is 0 Å². The quantitative estimate of drug-likeness (QED) is 0.409. The second-order valence-corrected chi connectivity index (χ2v) is 7.56. The minimum absolute atomic E-state index is 0.0273. The van der Waals surface area contributed by atoms with Gasteiger partial charge in [-0.1, -0.05) is 78.3 Å². The summed E-state index contributed by atoms with van der Waals surface area (Å²) < 4.78 is 0. The second-order valence-electron chi connectivity index (χ2n) is 7.15. The van der Waals surface area contributed by atoms with Crippen LogP contribution >= 0.6 is 11.6 Å². The molecule has 1 aromatic heterocycles. The summed E-state index contributed by atoms with van der Waals surface area (Å²) in [5, 5.41) is 4.98. The van der Waals surface area contributed by atoms with Crippen LogP contribution in [0.2, 0.25) is 5.02 Å². The second kappa shape index (κ2) is 8.97. The van der Waals surface area contributed by atoms with E-state index < -0.39 is 0 Å². The maximum atomic E-state index is 12.5. The van der Waals surface area contributed by atoms with E-state index in [1.54, 1.807) is 0 Å². The van der Waals surface area contributed by atoms with Gasteiger partial charge in [0, 0.05) is 41.0 Å². The Labute approximate surface area is 175 Å². The molecule has 3 nitrogen and oxygen atoms in total. The molecule has 3 aromatic carbocycles. The minimum atomic E-state index is -0.0273. The molecular weight excluding hydrogens is 380 g/mol. The predicted molar refractivity (Wildman–Crippen MR) is 119 cm³/mol. The summed E-state index contributed by atoms with van der Waals surface area (Å²) in [6.45, 7) is 0.499. The van der Waals surface area contributed by atoms with E-state index in [9.17, 15) is 4.79 Å². The number of halogens is 1. The lowest BCUT2D eigenvalue weighted by Gasteiger charge is -2.19. The number of fused-ring (bicyclic) bond motifs is 1. The molecule has 0 aliphatic rings. The molecule has 0 saturated heterocycles. The first kappa shape index (κ1) is 19.3. The van der Waals surface area contributed by atoms with E-state index in [1.807, 2.05) is 72.9 Å². The van der Waals surface area contributed by atoms with Crippen LogP contribution in [0.4, 0.5) is 0 Å². The summed E-state index contributed by atoms with van der Waals surface area (Å²) in [5.74, 6) is 0.0197. The van der Waals surface area contributed by atoms with Crippen LogP contribution < -0.4 is 5.32 Å². The van der Waals surface area contributed by atoms with E-state index in [0.717, 1.165) is 28.5 Å². The van der Waals surface area contributed by atoms with Crippen LogP contribution in [0.3, 0.4) is 0 Å². The van der Waals surface area contributed by atoms with Crippen molar-refractivity contribution in [2.24, 2.45) is 0 Å². The first-order valence-electron chi connectivity index (χ1n) is 9.83. The maximum absolute atomic E-state index is 12.5. The smallest absolute Gasteiger partial charge is 0.220 e. The van der Waals surface area contributed by atoms with Gasteiger partial charge < -0.3 is 10.3 Å². The first-order chi connectivity index (χ1) is 14.2. The van der Waals surface area contributed by atoms with Crippen molar-refractivity contribution in [1.82, 2.24) is 10.3 Å². The highest BCUT2D eigenvalue weighted by atomic mass is 35.5. The molecule has 0 bridgehead atoms. The summed E-state index contributed by atoms with van der Waals surface area (Å²) in [4.78, 5) is 15.9. The van der Waals surface area contributed by atoms with Gasteiger partial charge in [-0.3, -0.25) is 4.79 Å². The van der Waals surface area contributed by atoms with E-state index >= 15 is 0 Å². The Hall–Kier alpha value is -3.04. The van der Waals surface area contributed by atoms with Crippen molar-refractivity contribution in [3.05, 3.63) is 107 Å². The number of aromatic nitrogens is 1. The lowest BCUT2D eigenvalue weighted by atomic mass is 9.90. The number of H-pyrrole nitrogens is 1. The zero-order chi connectivity index (χ0) is 20.1. The minimum Gasteiger partial charge on any atom is -0.361 e. The highest BCUT2D eigenvalue weighted by Crippen LogP contribution is 2.34. The average Bonchev–Trinajstić information content (AvgIpc) is 3.18. The van der Waals surface area contributed by atoms with Crippen molar-refractivity contribution in [3.63, 3.8) is 0 Å². The number of nitrogens with one attached hydrogen (secondary N) is 2. The number of rotatable bonds is 7. The van der Waals surface area contributed by atoms with Gasteiger partial charge in [-0.05, 0) is 35.2 Å². The van der Waals surface area contributed by atoms with Crippen LogP contribution in [0.15, 0.2) is 85.1 Å². The number of carbonyl (C=O) groups is 1. The van der Waals surface area contributed by atoms with E-state index in [4.69, 9.17) is 11.6 Å². The number of aromatic amines is 1. The zero-order valence-corrected chi connectivity index (χ0v) is 16.8. The third-order valence-electron chi connectivity index (χ3n) is 5.26. The molecule has 0 unspecified atom stereocenters. The van der Waals surface area contributed by atoms with Gasteiger partial charge >= 0.3 is 0 Å². The normalized spacial score (nSPS) is 12.0. The Morgan fingerprint density at radius 3 is 2.45 bits per heavy atom. The van der Waals surface area contributed by atoms with E-state index in [1.165, 1.54) is 5.56 Å². The standard InChI is InChI=1S/C25H23ClN2O/c26-23-12-6-4-10-19(23)21(22-16-27-24-13-7-5-11-20(22)24)17-28-25(29)15-14-18-8-2-1-3-9-18/h1-13,16,21,27H,14-15,17H2,(H,28,29)/t21-/m0/s1. The molecule has 1 heterocycles. The lowest BCUT2D eigenvalue weighted by molar-refractivity contribution is -0.121. The molecule has 1 atom stereocenters. The third kappa shape index (κ3) is 4.52. The fraction of sp³-hybridized carbons (Fsp3) is 0.160. The molecular formula is C25H23ClN2O. The number of para-hydroxylation sites is 1. The Bertz CT molecular complexity index is 1100. The van der Waals surface area contributed by atoms with Crippen LogP contribution in [0, 0.1) is 0 Å². The van der Waals surface area contributed by atoms with Crippen molar-refractivity contribution in [3.8, 4) is 0 Å². The molecule has 0 aliphatic heterocycles.